The summed E-state index contributed by atoms with van der Waals surface area (Å²) in [5, 5.41) is 29.6. The molecule has 0 unspecified atom stereocenters. The summed E-state index contributed by atoms with van der Waals surface area (Å²) in [6.45, 7) is 1.95. The highest BCUT2D eigenvalue weighted by molar-refractivity contribution is 5.91. The number of aliphatic hydroxyl groups is 1. The van der Waals surface area contributed by atoms with E-state index in [4.69, 9.17) is 0 Å². The highest BCUT2D eigenvalue weighted by atomic mass is 16.4. The molecular weight excluding hydrogens is 410 g/mol. The van der Waals surface area contributed by atoms with E-state index in [0.29, 0.717) is 37.2 Å². The number of rotatable bonds is 6. The van der Waals surface area contributed by atoms with E-state index >= 15 is 0 Å². The number of aliphatic hydroxyl groups excluding tert-OH is 1. The number of carboxylic acid groups (broad SMARTS) is 1. The van der Waals surface area contributed by atoms with E-state index in [0.717, 1.165) is 30.5 Å². The number of aromatic amines is 1. The Hall–Kier alpha value is -2.94. The Morgan fingerprint density at radius 2 is 1.91 bits per heavy atom. The molecule has 0 aromatic carbocycles. The summed E-state index contributed by atoms with van der Waals surface area (Å²) >= 11 is 0. The molecule has 2 saturated carbocycles. The fourth-order valence-corrected chi connectivity index (χ4v) is 5.00. The Balaban J connectivity index is 1.33. The number of pyridine rings is 1. The maximum atomic E-state index is 12.3. The highest BCUT2D eigenvalue weighted by Gasteiger charge is 2.38. The van der Waals surface area contributed by atoms with Crippen molar-refractivity contribution < 1.29 is 19.8 Å². The summed E-state index contributed by atoms with van der Waals surface area (Å²) in [6, 6.07) is 5.55. The fraction of sp³-hybridized carbons (Fsp3) is 0.565. The first-order valence-corrected chi connectivity index (χ1v) is 11.3. The van der Waals surface area contributed by atoms with Crippen molar-refractivity contribution in [1.82, 2.24) is 20.1 Å². The van der Waals surface area contributed by atoms with E-state index < -0.39 is 6.09 Å². The second-order valence-electron chi connectivity index (χ2n) is 9.08. The molecule has 0 aliphatic heterocycles. The quantitative estimate of drug-likeness (QED) is 0.544. The van der Waals surface area contributed by atoms with Crippen molar-refractivity contribution in [1.29, 1.82) is 0 Å². The topological polar surface area (TPSA) is 131 Å². The molecule has 2 fully saturated rings. The van der Waals surface area contributed by atoms with Crippen LogP contribution in [0.5, 0.6) is 0 Å². The van der Waals surface area contributed by atoms with Crippen LogP contribution in [0.1, 0.15) is 67.8 Å². The molecule has 4 N–H and O–H groups in total. The lowest BCUT2D eigenvalue weighted by Gasteiger charge is -2.37. The van der Waals surface area contributed by atoms with Gasteiger partial charge in [-0.2, -0.15) is 5.10 Å². The van der Waals surface area contributed by atoms with E-state index in [2.05, 4.69) is 20.5 Å². The maximum absolute atomic E-state index is 12.3. The monoisotopic (exact) mass is 441 g/mol. The predicted octanol–water partition coefficient (Wildman–Crippen LogP) is 3.21. The zero-order valence-electron chi connectivity index (χ0n) is 18.3. The summed E-state index contributed by atoms with van der Waals surface area (Å²) in [5.41, 5.74) is 2.66. The van der Waals surface area contributed by atoms with Crippen LogP contribution in [0, 0.1) is 6.92 Å². The van der Waals surface area contributed by atoms with Crippen molar-refractivity contribution in [3.8, 4) is 0 Å². The number of nitrogens with one attached hydrogen (secondary N) is 2. The van der Waals surface area contributed by atoms with E-state index in [9.17, 15) is 19.8 Å². The lowest BCUT2D eigenvalue weighted by Crippen LogP contribution is -2.47. The molecule has 9 heteroatoms. The van der Waals surface area contributed by atoms with Gasteiger partial charge in [0.25, 0.3) is 0 Å². The lowest BCUT2D eigenvalue weighted by molar-refractivity contribution is -0.115. The number of carbonyl (C=O) groups is 2. The molecule has 2 aliphatic carbocycles. The van der Waals surface area contributed by atoms with Gasteiger partial charge in [0.1, 0.15) is 0 Å². The van der Waals surface area contributed by atoms with Gasteiger partial charge in [-0.05, 0) is 63.5 Å². The smallest absolute Gasteiger partial charge is 0.407 e. The summed E-state index contributed by atoms with van der Waals surface area (Å²) in [7, 11) is 0. The molecule has 2 amide bonds. The molecule has 4 rings (SSSR count). The van der Waals surface area contributed by atoms with Crippen molar-refractivity contribution in [2.75, 3.05) is 5.32 Å². The first-order valence-electron chi connectivity index (χ1n) is 11.3. The van der Waals surface area contributed by atoms with Crippen LogP contribution in [0.2, 0.25) is 0 Å². The zero-order valence-corrected chi connectivity index (χ0v) is 18.3. The molecule has 0 saturated heterocycles. The second-order valence-corrected chi connectivity index (χ2v) is 9.08. The van der Waals surface area contributed by atoms with Crippen LogP contribution in [0.4, 0.5) is 10.6 Å². The number of hydrogen-bond acceptors (Lipinski definition) is 5. The minimum Gasteiger partial charge on any atom is -0.465 e. The van der Waals surface area contributed by atoms with Crippen LogP contribution >= 0.6 is 0 Å². The van der Waals surface area contributed by atoms with Crippen molar-refractivity contribution in [2.24, 2.45) is 0 Å². The van der Waals surface area contributed by atoms with Gasteiger partial charge in [-0.3, -0.25) is 14.9 Å². The number of H-pyrrole nitrogens is 1. The minimum absolute atomic E-state index is 0.0216. The first kappa shape index (κ1) is 22.3. The molecule has 9 nitrogen and oxygen atoms in total. The van der Waals surface area contributed by atoms with E-state index in [1.54, 1.807) is 11.1 Å². The van der Waals surface area contributed by atoms with Crippen LogP contribution < -0.4 is 5.32 Å². The van der Waals surface area contributed by atoms with Gasteiger partial charge in [-0.15, -0.1) is 0 Å². The van der Waals surface area contributed by atoms with Gasteiger partial charge in [0.05, 0.1) is 12.5 Å². The van der Waals surface area contributed by atoms with E-state index in [-0.39, 0.29) is 36.4 Å². The molecule has 2 aromatic rings. The Morgan fingerprint density at radius 3 is 2.59 bits per heavy atom. The van der Waals surface area contributed by atoms with Gasteiger partial charge in [0, 0.05) is 41.7 Å². The Bertz CT molecular complexity index is 936. The lowest BCUT2D eigenvalue weighted by atomic mass is 9.91. The number of nitrogens with zero attached hydrogens (tertiary/aromatic N) is 3. The first-order chi connectivity index (χ1) is 15.4. The highest BCUT2D eigenvalue weighted by Crippen LogP contribution is 2.39. The Morgan fingerprint density at radius 1 is 1.16 bits per heavy atom. The molecular formula is C23H31N5O4. The normalized spacial score (nSPS) is 25.4. The van der Waals surface area contributed by atoms with Crippen molar-refractivity contribution in [2.45, 2.75) is 82.4 Å². The van der Waals surface area contributed by atoms with Crippen LogP contribution in [0.15, 0.2) is 24.4 Å². The number of aromatic nitrogens is 3. The van der Waals surface area contributed by atoms with Crippen LogP contribution in [-0.4, -0.2) is 60.5 Å². The maximum Gasteiger partial charge on any atom is 0.407 e. The summed E-state index contributed by atoms with van der Waals surface area (Å²) in [6.07, 6.45) is 5.88. The van der Waals surface area contributed by atoms with E-state index in [1.807, 2.05) is 25.1 Å². The molecule has 2 heterocycles. The average Bonchev–Trinajstić information content (AvgIpc) is 3.41. The van der Waals surface area contributed by atoms with Gasteiger partial charge in [0.2, 0.25) is 5.91 Å². The van der Waals surface area contributed by atoms with Crippen molar-refractivity contribution in [3.63, 3.8) is 0 Å². The van der Waals surface area contributed by atoms with Crippen LogP contribution in [0.3, 0.4) is 0 Å². The van der Waals surface area contributed by atoms with Crippen LogP contribution in [0.25, 0.3) is 0 Å². The average molecular weight is 442 g/mol. The van der Waals surface area contributed by atoms with Crippen molar-refractivity contribution in [3.05, 3.63) is 41.3 Å². The molecule has 172 valence electrons. The Labute approximate surface area is 187 Å². The van der Waals surface area contributed by atoms with Gasteiger partial charge >= 0.3 is 6.09 Å². The molecule has 2 aromatic heterocycles. The molecule has 2 atom stereocenters. The molecule has 0 bridgehead atoms. The molecule has 2 aliphatic rings. The number of hydrogen-bond donors (Lipinski definition) is 4. The zero-order chi connectivity index (χ0) is 22.7. The summed E-state index contributed by atoms with van der Waals surface area (Å²) in [4.78, 5) is 30.2. The van der Waals surface area contributed by atoms with Gasteiger partial charge in [-0.1, -0.05) is 6.07 Å². The van der Waals surface area contributed by atoms with Gasteiger partial charge in [0.15, 0.2) is 5.82 Å². The van der Waals surface area contributed by atoms with Crippen molar-refractivity contribution >= 4 is 17.8 Å². The minimum atomic E-state index is -0.876. The standard InChI is InChI=1S/C23H31N5O4/c1-14-2-4-16(24-13-14)11-22(30)25-21-12-20(26-27-21)15-3-5-18(10-15)28(23(31)32)17-6-8-19(29)9-7-17/h2,4,12-13,15,17-19,29H,3,5-11H2,1H3,(H,31,32)(H2,25,26,27,30)/t15-,17?,18+,19?/m1/s1. The molecule has 0 radical (unpaired) electrons. The third kappa shape index (κ3) is 5.27. The third-order valence-corrected chi connectivity index (χ3v) is 6.70. The molecule has 32 heavy (non-hydrogen) atoms. The SMILES string of the molecule is Cc1ccc(CC(=O)Nc2cc([C@@H]3CC[C@H](N(C(=O)O)C4CCC(O)CC4)C3)[nH]n2)nc1. The number of anilines is 1. The second kappa shape index (κ2) is 9.68. The number of aryl methyl sites for hydroxylation is 1. The fourth-order valence-electron chi connectivity index (χ4n) is 5.00. The summed E-state index contributed by atoms with van der Waals surface area (Å²) in [5.74, 6) is 0.463. The largest absolute Gasteiger partial charge is 0.465 e. The molecule has 0 spiro atoms. The Kier molecular flexibility index (Phi) is 6.74. The number of carbonyl (C=O) groups excluding carboxylic acids is 1. The predicted molar refractivity (Wildman–Crippen MR) is 118 cm³/mol. The van der Waals surface area contributed by atoms with Gasteiger partial charge in [-0.25, -0.2) is 4.79 Å². The summed E-state index contributed by atoms with van der Waals surface area (Å²) < 4.78 is 0. The third-order valence-electron chi connectivity index (χ3n) is 6.70. The van der Waals surface area contributed by atoms with Gasteiger partial charge < -0.3 is 20.4 Å². The van der Waals surface area contributed by atoms with Crippen LogP contribution in [-0.2, 0) is 11.2 Å². The number of amides is 2. The van der Waals surface area contributed by atoms with E-state index in [1.165, 1.54) is 0 Å².